The summed E-state index contributed by atoms with van der Waals surface area (Å²) in [6.07, 6.45) is 4.04. The Hall–Kier alpha value is -4.51. The van der Waals surface area contributed by atoms with E-state index in [1.807, 2.05) is 69.3 Å². The largest absolute Gasteiger partial charge is 0.389 e. The van der Waals surface area contributed by atoms with E-state index < -0.39 is 47.9 Å². The van der Waals surface area contributed by atoms with Gasteiger partial charge in [-0.2, -0.15) is 0 Å². The Morgan fingerprint density at radius 2 is 1.62 bits per heavy atom. The minimum Gasteiger partial charge on any atom is -0.389 e. The Morgan fingerprint density at radius 3 is 2.30 bits per heavy atom. The van der Waals surface area contributed by atoms with Crippen LogP contribution in [0.4, 0.5) is 4.79 Å². The van der Waals surface area contributed by atoms with Crippen molar-refractivity contribution in [1.82, 2.24) is 25.8 Å². The SMILES string of the molecule is CC(C)(C)NC(=O)N(CC1CCCCC1)C[C@@H](O)[C@H](Cc1ccccc1)NC(=O)[C@H](CC(N)=O)NC(=O)c1ccc2ccccc2n1. The molecule has 11 nitrogen and oxygen atoms in total. The predicted molar refractivity (Wildman–Crippen MR) is 181 cm³/mol. The third-order valence-electron chi connectivity index (χ3n) is 8.33. The van der Waals surface area contributed by atoms with Gasteiger partial charge in [0.2, 0.25) is 11.8 Å². The second-order valence-corrected chi connectivity index (χ2v) is 13.5. The van der Waals surface area contributed by atoms with Crippen molar-refractivity contribution in [3.8, 4) is 0 Å². The number of urea groups is 1. The van der Waals surface area contributed by atoms with Crippen molar-refractivity contribution in [2.75, 3.05) is 13.1 Å². The van der Waals surface area contributed by atoms with Crippen molar-refractivity contribution in [1.29, 1.82) is 0 Å². The van der Waals surface area contributed by atoms with Gasteiger partial charge in [-0.1, -0.05) is 73.9 Å². The number of aliphatic hydroxyl groups excluding tert-OH is 1. The van der Waals surface area contributed by atoms with E-state index in [4.69, 9.17) is 5.73 Å². The Labute approximate surface area is 276 Å². The zero-order valence-electron chi connectivity index (χ0n) is 27.6. The van der Waals surface area contributed by atoms with E-state index in [9.17, 15) is 24.3 Å². The Bertz CT molecular complexity index is 1520. The maximum absolute atomic E-state index is 13.7. The van der Waals surface area contributed by atoms with Crippen LogP contribution in [0.3, 0.4) is 0 Å². The smallest absolute Gasteiger partial charge is 0.317 e. The summed E-state index contributed by atoms with van der Waals surface area (Å²) in [5.41, 5.74) is 6.54. The summed E-state index contributed by atoms with van der Waals surface area (Å²) in [4.78, 5) is 58.4. The fourth-order valence-electron chi connectivity index (χ4n) is 5.94. The number of fused-ring (bicyclic) bond motifs is 1. The molecule has 1 aromatic heterocycles. The molecule has 252 valence electrons. The molecule has 0 unspecified atom stereocenters. The molecule has 0 aliphatic heterocycles. The molecule has 3 atom stereocenters. The molecular formula is C36H48N6O5. The number of nitrogens with two attached hydrogens (primary N) is 1. The second-order valence-electron chi connectivity index (χ2n) is 13.5. The van der Waals surface area contributed by atoms with E-state index in [0.29, 0.717) is 18.0 Å². The number of primary amides is 1. The van der Waals surface area contributed by atoms with Gasteiger partial charge in [-0.05, 0) is 63.6 Å². The number of nitrogens with zero attached hydrogens (tertiary/aromatic N) is 2. The Balaban J connectivity index is 1.54. The molecule has 1 heterocycles. The number of aliphatic hydroxyl groups is 1. The predicted octanol–water partition coefficient (Wildman–Crippen LogP) is 3.69. The quantitative estimate of drug-likeness (QED) is 0.190. The molecule has 5 amide bonds. The zero-order valence-corrected chi connectivity index (χ0v) is 27.6. The topological polar surface area (TPSA) is 167 Å². The average Bonchev–Trinajstić information content (AvgIpc) is 3.03. The second kappa shape index (κ2) is 16.4. The van der Waals surface area contributed by atoms with Crippen LogP contribution in [0.5, 0.6) is 0 Å². The average molecular weight is 645 g/mol. The maximum Gasteiger partial charge on any atom is 0.317 e. The van der Waals surface area contributed by atoms with Crippen LogP contribution in [0.2, 0.25) is 0 Å². The van der Waals surface area contributed by atoms with Gasteiger partial charge < -0.3 is 31.7 Å². The van der Waals surface area contributed by atoms with Crippen LogP contribution >= 0.6 is 0 Å². The molecule has 1 saturated carbocycles. The van der Waals surface area contributed by atoms with Gasteiger partial charge in [0, 0.05) is 17.5 Å². The van der Waals surface area contributed by atoms with Crippen LogP contribution < -0.4 is 21.7 Å². The molecule has 1 fully saturated rings. The molecule has 47 heavy (non-hydrogen) atoms. The highest BCUT2D eigenvalue weighted by molar-refractivity contribution is 5.99. The number of hydrogen-bond donors (Lipinski definition) is 5. The minimum absolute atomic E-state index is 0.0238. The molecule has 4 rings (SSSR count). The standard InChI is InChI=1S/C36H48N6O5/c1-36(2,3)41-35(47)42(22-25-14-8-5-9-15-25)23-31(43)29(20-24-12-6-4-7-13-24)39-34(46)30(21-32(37)44)40-33(45)28-19-18-26-16-10-11-17-27(26)38-28/h4,6-7,10-13,16-19,25,29-31,43H,5,8-9,14-15,20-23H2,1-3H3,(H2,37,44)(H,39,46)(H,40,45)(H,41,47)/t29-,30-,31+/m0/s1. The molecule has 0 bridgehead atoms. The van der Waals surface area contributed by atoms with Crippen LogP contribution in [0.15, 0.2) is 66.7 Å². The number of carbonyl (C=O) groups is 4. The van der Waals surface area contributed by atoms with Gasteiger partial charge in [0.05, 0.1) is 30.6 Å². The van der Waals surface area contributed by atoms with Gasteiger partial charge in [0.1, 0.15) is 11.7 Å². The van der Waals surface area contributed by atoms with E-state index in [2.05, 4.69) is 20.9 Å². The lowest BCUT2D eigenvalue weighted by Crippen LogP contribution is -2.58. The molecule has 0 saturated heterocycles. The molecular weight excluding hydrogens is 596 g/mol. The Kier molecular flexibility index (Phi) is 12.3. The van der Waals surface area contributed by atoms with Crippen molar-refractivity contribution in [2.24, 2.45) is 11.7 Å². The van der Waals surface area contributed by atoms with Crippen molar-refractivity contribution in [3.63, 3.8) is 0 Å². The van der Waals surface area contributed by atoms with Crippen molar-refractivity contribution in [3.05, 3.63) is 78.0 Å². The van der Waals surface area contributed by atoms with Crippen LogP contribution in [-0.2, 0) is 16.0 Å². The maximum atomic E-state index is 13.7. The third-order valence-corrected chi connectivity index (χ3v) is 8.33. The number of pyridine rings is 1. The van der Waals surface area contributed by atoms with Gasteiger partial charge in [0.25, 0.3) is 5.91 Å². The molecule has 1 aliphatic carbocycles. The Morgan fingerprint density at radius 1 is 0.936 bits per heavy atom. The summed E-state index contributed by atoms with van der Waals surface area (Å²) >= 11 is 0. The van der Waals surface area contributed by atoms with E-state index >= 15 is 0 Å². The summed E-state index contributed by atoms with van der Waals surface area (Å²) < 4.78 is 0. The molecule has 2 aromatic carbocycles. The summed E-state index contributed by atoms with van der Waals surface area (Å²) in [5.74, 6) is -1.79. The number of aromatic nitrogens is 1. The first-order valence-corrected chi connectivity index (χ1v) is 16.4. The van der Waals surface area contributed by atoms with Crippen molar-refractivity contribution in [2.45, 2.75) is 89.4 Å². The fraction of sp³-hybridized carbons (Fsp3) is 0.472. The number of para-hydroxylation sites is 1. The van der Waals surface area contributed by atoms with Crippen LogP contribution in [0.25, 0.3) is 10.9 Å². The number of rotatable bonds is 13. The van der Waals surface area contributed by atoms with Crippen LogP contribution in [0, 0.1) is 5.92 Å². The third kappa shape index (κ3) is 11.1. The van der Waals surface area contributed by atoms with Crippen LogP contribution in [0.1, 0.15) is 75.3 Å². The van der Waals surface area contributed by atoms with Gasteiger partial charge in [-0.15, -0.1) is 0 Å². The lowest BCUT2D eigenvalue weighted by Gasteiger charge is -2.35. The summed E-state index contributed by atoms with van der Waals surface area (Å²) in [6.45, 7) is 6.17. The van der Waals surface area contributed by atoms with E-state index in [1.165, 1.54) is 6.42 Å². The van der Waals surface area contributed by atoms with Gasteiger partial charge in [-0.3, -0.25) is 14.4 Å². The highest BCUT2D eigenvalue weighted by Crippen LogP contribution is 2.25. The highest BCUT2D eigenvalue weighted by Gasteiger charge is 2.32. The number of hydrogen-bond acceptors (Lipinski definition) is 6. The summed E-state index contributed by atoms with van der Waals surface area (Å²) in [5, 5.41) is 21.0. The van der Waals surface area contributed by atoms with Crippen molar-refractivity contribution < 1.29 is 24.3 Å². The first-order valence-electron chi connectivity index (χ1n) is 16.4. The van der Waals surface area contributed by atoms with Gasteiger partial charge >= 0.3 is 6.03 Å². The van der Waals surface area contributed by atoms with Crippen molar-refractivity contribution >= 4 is 34.7 Å². The molecule has 11 heteroatoms. The lowest BCUT2D eigenvalue weighted by atomic mass is 9.89. The zero-order chi connectivity index (χ0) is 34.0. The summed E-state index contributed by atoms with van der Waals surface area (Å²) in [6, 6.07) is 17.5. The monoisotopic (exact) mass is 644 g/mol. The molecule has 0 spiro atoms. The van der Waals surface area contributed by atoms with E-state index in [0.717, 1.165) is 36.6 Å². The minimum atomic E-state index is -1.32. The first-order chi connectivity index (χ1) is 22.4. The van der Waals surface area contributed by atoms with E-state index in [-0.39, 0.29) is 24.7 Å². The van der Waals surface area contributed by atoms with E-state index in [1.54, 1.807) is 23.1 Å². The normalized spacial score (nSPS) is 15.7. The first kappa shape index (κ1) is 35.3. The molecule has 6 N–H and O–H groups in total. The number of amides is 5. The van der Waals surface area contributed by atoms with Gasteiger partial charge in [0.15, 0.2) is 0 Å². The number of carbonyl (C=O) groups excluding carboxylic acids is 4. The highest BCUT2D eigenvalue weighted by atomic mass is 16.3. The fourth-order valence-corrected chi connectivity index (χ4v) is 5.94. The molecule has 3 aromatic rings. The lowest BCUT2D eigenvalue weighted by molar-refractivity contribution is -0.128. The molecule has 0 radical (unpaired) electrons. The number of nitrogens with one attached hydrogen (secondary N) is 3. The molecule has 1 aliphatic rings. The van der Waals surface area contributed by atoms with Gasteiger partial charge in [-0.25, -0.2) is 9.78 Å². The van der Waals surface area contributed by atoms with Crippen LogP contribution in [-0.4, -0.2) is 75.6 Å². The summed E-state index contributed by atoms with van der Waals surface area (Å²) in [7, 11) is 0. The number of benzene rings is 2.